The van der Waals surface area contributed by atoms with Gasteiger partial charge in [0.1, 0.15) is 9.84 Å². The van der Waals surface area contributed by atoms with Crippen molar-refractivity contribution in [2.75, 3.05) is 38.8 Å². The minimum absolute atomic E-state index is 0.0256. The molecule has 1 aromatic carbocycles. The number of ether oxygens (including phenoxy) is 1. The number of hydrogen-bond donors (Lipinski definition) is 0. The van der Waals surface area contributed by atoms with Crippen LogP contribution in [-0.4, -0.2) is 58.0 Å². The molecule has 2 rings (SSSR count). The first-order chi connectivity index (χ1) is 10.7. The lowest BCUT2D eigenvalue weighted by molar-refractivity contribution is -0.139. The Kier molecular flexibility index (Phi) is 5.86. The number of benzene rings is 1. The Morgan fingerprint density at radius 2 is 1.83 bits per heavy atom. The number of carbonyl (C=O) groups is 1. The van der Waals surface area contributed by atoms with Crippen LogP contribution in [0.4, 0.5) is 0 Å². The summed E-state index contributed by atoms with van der Waals surface area (Å²) in [5.41, 5.74) is 0.325. The van der Waals surface area contributed by atoms with E-state index in [0.717, 1.165) is 10.0 Å². The van der Waals surface area contributed by atoms with Gasteiger partial charge in [-0.1, -0.05) is 28.1 Å². The highest BCUT2D eigenvalue weighted by Gasteiger charge is 2.43. The molecular formula is C16H22BrNO4S. The van der Waals surface area contributed by atoms with Gasteiger partial charge in [-0.25, -0.2) is 8.42 Å². The summed E-state index contributed by atoms with van der Waals surface area (Å²) >= 11 is 3.41. The highest BCUT2D eigenvalue weighted by molar-refractivity contribution is 9.10. The van der Waals surface area contributed by atoms with Gasteiger partial charge in [0.25, 0.3) is 0 Å². The van der Waals surface area contributed by atoms with Gasteiger partial charge in [-0.05, 0) is 30.5 Å². The zero-order valence-electron chi connectivity index (χ0n) is 13.4. The minimum atomic E-state index is -3.10. The van der Waals surface area contributed by atoms with Gasteiger partial charge in [0.05, 0.1) is 11.2 Å². The smallest absolute Gasteiger partial charge is 0.233 e. The van der Waals surface area contributed by atoms with Gasteiger partial charge in [-0.15, -0.1) is 0 Å². The molecule has 0 saturated carbocycles. The van der Waals surface area contributed by atoms with E-state index in [1.807, 2.05) is 24.3 Å². The first-order valence-corrected chi connectivity index (χ1v) is 10.4. The Hall–Kier alpha value is -0.920. The van der Waals surface area contributed by atoms with Crippen molar-refractivity contribution < 1.29 is 17.9 Å². The molecule has 0 atom stereocenters. The van der Waals surface area contributed by atoms with Crippen LogP contribution in [0.1, 0.15) is 18.4 Å². The molecule has 1 saturated heterocycles. The zero-order chi connectivity index (χ0) is 17.1. The summed E-state index contributed by atoms with van der Waals surface area (Å²) in [7, 11) is -1.43. The van der Waals surface area contributed by atoms with E-state index >= 15 is 0 Å². The van der Waals surface area contributed by atoms with Crippen molar-refractivity contribution in [2.45, 2.75) is 18.3 Å². The maximum absolute atomic E-state index is 13.1. The number of hydrogen-bond acceptors (Lipinski definition) is 4. The highest BCUT2D eigenvalue weighted by atomic mass is 79.9. The summed E-state index contributed by atoms with van der Waals surface area (Å²) in [6.45, 7) is 1.26. The van der Waals surface area contributed by atoms with Crippen LogP contribution >= 0.6 is 15.9 Å². The molecule has 128 valence electrons. The van der Waals surface area contributed by atoms with Gasteiger partial charge < -0.3 is 9.64 Å². The molecule has 1 aliphatic heterocycles. The Morgan fingerprint density at radius 1 is 1.26 bits per heavy atom. The highest BCUT2D eigenvalue weighted by Crippen LogP contribution is 2.37. The van der Waals surface area contributed by atoms with Crippen molar-refractivity contribution in [3.8, 4) is 0 Å². The molecule has 5 nitrogen and oxygen atoms in total. The average molecular weight is 404 g/mol. The Bertz CT molecular complexity index is 651. The molecular weight excluding hydrogens is 382 g/mol. The summed E-state index contributed by atoms with van der Waals surface area (Å²) in [5, 5.41) is 0. The first-order valence-electron chi connectivity index (χ1n) is 7.52. The molecule has 0 N–H and O–H groups in total. The van der Waals surface area contributed by atoms with Crippen LogP contribution in [0, 0.1) is 0 Å². The van der Waals surface area contributed by atoms with E-state index in [0.29, 0.717) is 26.1 Å². The number of rotatable bonds is 5. The molecule has 1 aromatic rings. The summed E-state index contributed by atoms with van der Waals surface area (Å²) in [6.07, 6.45) is 2.40. The quantitative estimate of drug-likeness (QED) is 0.753. The number of amides is 1. The van der Waals surface area contributed by atoms with E-state index < -0.39 is 15.3 Å². The van der Waals surface area contributed by atoms with E-state index in [-0.39, 0.29) is 18.2 Å². The molecule has 0 unspecified atom stereocenters. The molecule has 23 heavy (non-hydrogen) atoms. The van der Waals surface area contributed by atoms with Crippen molar-refractivity contribution in [3.05, 3.63) is 34.3 Å². The molecule has 7 heteroatoms. The molecule has 1 aliphatic rings. The van der Waals surface area contributed by atoms with Gasteiger partial charge in [-0.2, -0.15) is 0 Å². The monoisotopic (exact) mass is 403 g/mol. The number of likely N-dealkylation sites (N-methyl/N-ethyl adjacent to an activating group) is 1. The van der Waals surface area contributed by atoms with E-state index in [9.17, 15) is 13.2 Å². The summed E-state index contributed by atoms with van der Waals surface area (Å²) in [6, 6.07) is 7.77. The van der Waals surface area contributed by atoms with E-state index in [1.165, 1.54) is 11.2 Å². The third-order valence-corrected chi connectivity index (χ3v) is 5.75. The molecule has 0 aliphatic carbocycles. The van der Waals surface area contributed by atoms with Crippen LogP contribution in [0.3, 0.4) is 0 Å². The fourth-order valence-electron chi connectivity index (χ4n) is 2.88. The van der Waals surface area contributed by atoms with Gasteiger partial charge in [0.15, 0.2) is 0 Å². The van der Waals surface area contributed by atoms with Gasteiger partial charge in [0.2, 0.25) is 5.91 Å². The fourth-order valence-corrected chi connectivity index (χ4v) is 3.75. The molecule has 1 fully saturated rings. The third kappa shape index (κ3) is 4.55. The predicted molar refractivity (Wildman–Crippen MR) is 93.2 cm³/mol. The summed E-state index contributed by atoms with van der Waals surface area (Å²) < 4.78 is 29.1. The maximum Gasteiger partial charge on any atom is 0.233 e. The second kappa shape index (κ2) is 7.32. The number of sulfone groups is 1. The van der Waals surface area contributed by atoms with Gasteiger partial charge >= 0.3 is 0 Å². The van der Waals surface area contributed by atoms with Gasteiger partial charge in [0, 0.05) is 37.5 Å². The molecule has 0 radical (unpaired) electrons. The summed E-state index contributed by atoms with van der Waals surface area (Å²) in [5.74, 6) is -0.0610. The largest absolute Gasteiger partial charge is 0.381 e. The van der Waals surface area contributed by atoms with Crippen molar-refractivity contribution in [3.63, 3.8) is 0 Å². The van der Waals surface area contributed by atoms with E-state index in [4.69, 9.17) is 4.74 Å². The fraction of sp³-hybridized carbons (Fsp3) is 0.562. The molecule has 1 amide bonds. The van der Waals surface area contributed by atoms with Crippen molar-refractivity contribution >= 4 is 31.7 Å². The lowest BCUT2D eigenvalue weighted by Crippen LogP contribution is -2.49. The average Bonchev–Trinajstić information content (AvgIpc) is 2.52. The molecule has 0 aromatic heterocycles. The van der Waals surface area contributed by atoms with Crippen molar-refractivity contribution in [1.82, 2.24) is 4.90 Å². The maximum atomic E-state index is 13.1. The lowest BCUT2D eigenvalue weighted by Gasteiger charge is -2.39. The normalized spacial score (nSPS) is 17.7. The first kappa shape index (κ1) is 18.4. The van der Waals surface area contributed by atoms with E-state index in [2.05, 4.69) is 15.9 Å². The van der Waals surface area contributed by atoms with Crippen molar-refractivity contribution in [2.24, 2.45) is 0 Å². The summed E-state index contributed by atoms with van der Waals surface area (Å²) in [4.78, 5) is 14.6. The van der Waals surface area contributed by atoms with Crippen LogP contribution in [0.5, 0.6) is 0 Å². The zero-order valence-corrected chi connectivity index (χ0v) is 15.8. The van der Waals surface area contributed by atoms with Crippen LogP contribution in [0.15, 0.2) is 28.7 Å². The van der Waals surface area contributed by atoms with Crippen molar-refractivity contribution in [1.29, 1.82) is 0 Å². The van der Waals surface area contributed by atoms with Crippen LogP contribution < -0.4 is 0 Å². The topological polar surface area (TPSA) is 63.7 Å². The third-order valence-electron chi connectivity index (χ3n) is 4.30. The SMILES string of the molecule is CN(CCS(C)(=O)=O)C(=O)C1(c2ccc(Br)cc2)CCOCC1. The standard InChI is InChI=1S/C16H22BrNO4S/c1-18(9-12-23(2,20)21)15(19)16(7-10-22-11-8-16)13-3-5-14(17)6-4-13/h3-6H,7-12H2,1-2H3. The minimum Gasteiger partial charge on any atom is -0.381 e. The number of carbonyl (C=O) groups excluding carboxylic acids is 1. The lowest BCUT2D eigenvalue weighted by atomic mass is 9.73. The Morgan fingerprint density at radius 3 is 2.35 bits per heavy atom. The predicted octanol–water partition coefficient (Wildman–Crippen LogP) is 2.00. The van der Waals surface area contributed by atoms with Crippen LogP contribution in [0.25, 0.3) is 0 Å². The second-order valence-electron chi connectivity index (χ2n) is 6.06. The van der Waals surface area contributed by atoms with E-state index in [1.54, 1.807) is 7.05 Å². The van der Waals surface area contributed by atoms with Crippen LogP contribution in [0.2, 0.25) is 0 Å². The Balaban J connectivity index is 2.27. The van der Waals surface area contributed by atoms with Gasteiger partial charge in [-0.3, -0.25) is 4.79 Å². The molecule has 1 heterocycles. The van der Waals surface area contributed by atoms with Crippen LogP contribution in [-0.2, 0) is 24.8 Å². The molecule has 0 bridgehead atoms. The Labute approximate surface area is 146 Å². The number of nitrogens with zero attached hydrogens (tertiary/aromatic N) is 1. The second-order valence-corrected chi connectivity index (χ2v) is 9.23. The number of halogens is 1. The molecule has 0 spiro atoms.